The SMILES string of the molecule is CC(C)(C)c1ccnc(-n2c3ccccc3c3ccc(Oc4cccc(N5CN(c6ccc7ccc8ccccc8c7c6)c6ccncc65)c4)cc32)c1. The summed E-state index contributed by atoms with van der Waals surface area (Å²) in [5.41, 5.74) is 7.76. The molecular weight excluding hydrogens is 651 g/mol. The number of hydrogen-bond donors (Lipinski definition) is 0. The summed E-state index contributed by atoms with van der Waals surface area (Å²) in [7, 11) is 0. The third kappa shape index (κ3) is 5.25. The van der Waals surface area contributed by atoms with Crippen molar-refractivity contribution in [1.29, 1.82) is 0 Å². The van der Waals surface area contributed by atoms with Crippen LogP contribution in [0, 0.1) is 0 Å². The maximum absolute atomic E-state index is 6.65. The highest BCUT2D eigenvalue weighted by molar-refractivity contribution is 6.10. The summed E-state index contributed by atoms with van der Waals surface area (Å²) in [6, 6.07) is 49.4. The predicted octanol–water partition coefficient (Wildman–Crippen LogP) is 12.2. The van der Waals surface area contributed by atoms with Crippen molar-refractivity contribution in [1.82, 2.24) is 14.5 Å². The highest BCUT2D eigenvalue weighted by Gasteiger charge is 2.29. The number of para-hydroxylation sites is 1. The van der Waals surface area contributed by atoms with Crippen LogP contribution in [0.5, 0.6) is 11.5 Å². The lowest BCUT2D eigenvalue weighted by atomic mass is 9.88. The fourth-order valence-corrected chi connectivity index (χ4v) is 7.83. The molecule has 4 heterocycles. The minimum absolute atomic E-state index is 0.00303. The smallest absolute Gasteiger partial charge is 0.137 e. The van der Waals surface area contributed by atoms with Gasteiger partial charge in [-0.2, -0.15) is 0 Å². The third-order valence-electron chi connectivity index (χ3n) is 10.5. The summed E-state index contributed by atoms with van der Waals surface area (Å²) in [6.45, 7) is 7.35. The predicted molar refractivity (Wildman–Crippen MR) is 219 cm³/mol. The molecule has 0 saturated heterocycles. The van der Waals surface area contributed by atoms with Gasteiger partial charge in [0.2, 0.25) is 0 Å². The Hall–Kier alpha value is -6.66. The molecule has 0 aliphatic carbocycles. The van der Waals surface area contributed by atoms with Crippen LogP contribution in [0.15, 0.2) is 158 Å². The number of fused-ring (bicyclic) bond motifs is 7. The quantitative estimate of drug-likeness (QED) is 0.169. The van der Waals surface area contributed by atoms with E-state index in [4.69, 9.17) is 9.72 Å². The molecular formula is C47H37N5O. The summed E-state index contributed by atoms with van der Waals surface area (Å²) >= 11 is 0. The fraction of sp³-hybridized carbons (Fsp3) is 0.106. The van der Waals surface area contributed by atoms with Gasteiger partial charge in [0.1, 0.15) is 24.0 Å². The Bertz CT molecular complexity index is 2870. The first-order valence-electron chi connectivity index (χ1n) is 18.1. The normalized spacial score (nSPS) is 13.0. The van der Waals surface area contributed by atoms with Crippen molar-refractivity contribution in [3.63, 3.8) is 0 Å². The van der Waals surface area contributed by atoms with Crippen LogP contribution in [0.25, 0.3) is 49.2 Å². The molecule has 9 aromatic rings. The fourth-order valence-electron chi connectivity index (χ4n) is 7.83. The largest absolute Gasteiger partial charge is 0.457 e. The Morgan fingerprint density at radius 3 is 2.17 bits per heavy atom. The van der Waals surface area contributed by atoms with Crippen molar-refractivity contribution in [3.05, 3.63) is 164 Å². The Balaban J connectivity index is 1.00. The molecule has 0 spiro atoms. The van der Waals surface area contributed by atoms with E-state index in [0.29, 0.717) is 6.67 Å². The van der Waals surface area contributed by atoms with E-state index in [2.05, 4.69) is 174 Å². The van der Waals surface area contributed by atoms with Crippen LogP contribution in [0.1, 0.15) is 26.3 Å². The number of pyridine rings is 2. The second-order valence-electron chi connectivity index (χ2n) is 14.8. The van der Waals surface area contributed by atoms with Crippen molar-refractivity contribution in [2.45, 2.75) is 26.2 Å². The van der Waals surface area contributed by atoms with Crippen LogP contribution >= 0.6 is 0 Å². The molecule has 256 valence electrons. The van der Waals surface area contributed by atoms with Crippen molar-refractivity contribution in [3.8, 4) is 17.3 Å². The highest BCUT2D eigenvalue weighted by atomic mass is 16.5. The van der Waals surface area contributed by atoms with Gasteiger partial charge in [-0.05, 0) is 93.2 Å². The van der Waals surface area contributed by atoms with Crippen LogP contribution in [0.4, 0.5) is 22.7 Å². The minimum Gasteiger partial charge on any atom is -0.457 e. The van der Waals surface area contributed by atoms with Gasteiger partial charge >= 0.3 is 0 Å². The molecule has 0 saturated carbocycles. The van der Waals surface area contributed by atoms with E-state index in [1.807, 2.05) is 24.7 Å². The summed E-state index contributed by atoms with van der Waals surface area (Å²) in [5, 5.41) is 7.33. The molecule has 0 amide bonds. The van der Waals surface area contributed by atoms with Gasteiger partial charge in [0, 0.05) is 46.7 Å². The van der Waals surface area contributed by atoms with Crippen LogP contribution in [-0.4, -0.2) is 21.2 Å². The Kier molecular flexibility index (Phi) is 7.02. The first-order valence-corrected chi connectivity index (χ1v) is 18.1. The van der Waals surface area contributed by atoms with Crippen LogP contribution < -0.4 is 14.5 Å². The molecule has 6 aromatic carbocycles. The molecule has 0 atom stereocenters. The lowest BCUT2D eigenvalue weighted by molar-refractivity contribution is 0.483. The summed E-state index contributed by atoms with van der Waals surface area (Å²) in [5.74, 6) is 2.42. The van der Waals surface area contributed by atoms with Gasteiger partial charge in [-0.1, -0.05) is 87.5 Å². The van der Waals surface area contributed by atoms with E-state index in [9.17, 15) is 0 Å². The lowest BCUT2D eigenvalue weighted by Gasteiger charge is -2.23. The molecule has 6 heteroatoms. The number of benzene rings is 6. The number of ether oxygens (including phenoxy) is 1. The molecule has 1 aliphatic heterocycles. The van der Waals surface area contributed by atoms with Gasteiger partial charge in [0.25, 0.3) is 0 Å². The zero-order valence-electron chi connectivity index (χ0n) is 29.9. The zero-order chi connectivity index (χ0) is 35.7. The molecule has 6 nitrogen and oxygen atoms in total. The number of aromatic nitrogens is 3. The second-order valence-corrected chi connectivity index (χ2v) is 14.8. The van der Waals surface area contributed by atoms with E-state index < -0.39 is 0 Å². The van der Waals surface area contributed by atoms with Gasteiger partial charge in [0.15, 0.2) is 0 Å². The highest BCUT2D eigenvalue weighted by Crippen LogP contribution is 2.45. The average molecular weight is 688 g/mol. The lowest BCUT2D eigenvalue weighted by Crippen LogP contribution is -2.23. The molecule has 0 bridgehead atoms. The van der Waals surface area contributed by atoms with Crippen molar-refractivity contribution < 1.29 is 4.74 Å². The van der Waals surface area contributed by atoms with Gasteiger partial charge in [-0.3, -0.25) is 9.55 Å². The van der Waals surface area contributed by atoms with E-state index in [1.54, 1.807) is 0 Å². The van der Waals surface area contributed by atoms with E-state index >= 15 is 0 Å². The second kappa shape index (κ2) is 12.0. The van der Waals surface area contributed by atoms with Crippen molar-refractivity contribution in [2.24, 2.45) is 0 Å². The monoisotopic (exact) mass is 687 g/mol. The Morgan fingerprint density at radius 2 is 1.28 bits per heavy atom. The van der Waals surface area contributed by atoms with Crippen molar-refractivity contribution >= 4 is 66.1 Å². The summed E-state index contributed by atoms with van der Waals surface area (Å²) < 4.78 is 8.90. The Morgan fingerprint density at radius 1 is 0.547 bits per heavy atom. The number of anilines is 4. The van der Waals surface area contributed by atoms with Gasteiger partial charge in [-0.15, -0.1) is 0 Å². The molecule has 0 unspecified atom stereocenters. The summed E-state index contributed by atoms with van der Waals surface area (Å²) in [6.07, 6.45) is 5.74. The Labute approximate surface area is 308 Å². The van der Waals surface area contributed by atoms with E-state index in [-0.39, 0.29) is 5.41 Å². The van der Waals surface area contributed by atoms with Gasteiger partial charge < -0.3 is 14.5 Å². The van der Waals surface area contributed by atoms with E-state index in [1.165, 1.54) is 32.5 Å². The van der Waals surface area contributed by atoms with Crippen LogP contribution in [0.2, 0.25) is 0 Å². The molecule has 1 aliphatic rings. The minimum atomic E-state index is 0.00303. The van der Waals surface area contributed by atoms with Crippen LogP contribution in [0.3, 0.4) is 0 Å². The van der Waals surface area contributed by atoms with E-state index in [0.717, 1.165) is 56.5 Å². The summed E-state index contributed by atoms with van der Waals surface area (Å²) in [4.78, 5) is 14.0. The van der Waals surface area contributed by atoms with Gasteiger partial charge in [0.05, 0.1) is 28.6 Å². The third-order valence-corrected chi connectivity index (χ3v) is 10.5. The zero-order valence-corrected chi connectivity index (χ0v) is 29.9. The molecule has 0 fully saturated rings. The molecule has 3 aromatic heterocycles. The standard InChI is InChI=1S/C47H37N5O/c1-47(2,3)33-21-24-49-46(25-33)52-42-14-7-6-13-39(42)40-20-19-37(28-44(40)52)53-36-11-8-10-34(26-36)51-30-50(43-22-23-48-29-45(43)51)35-18-17-32-16-15-31-9-4-5-12-38(31)41(32)27-35/h4-29H,30H2,1-3H3. The molecule has 53 heavy (non-hydrogen) atoms. The topological polar surface area (TPSA) is 46.4 Å². The average Bonchev–Trinajstić information content (AvgIpc) is 3.74. The molecule has 10 rings (SSSR count). The maximum atomic E-state index is 6.65. The maximum Gasteiger partial charge on any atom is 0.137 e. The molecule has 0 radical (unpaired) electrons. The molecule has 0 N–H and O–H groups in total. The van der Waals surface area contributed by atoms with Crippen molar-refractivity contribution in [2.75, 3.05) is 16.5 Å². The first kappa shape index (κ1) is 31.1. The first-order chi connectivity index (χ1) is 25.9. The van der Waals surface area contributed by atoms with Gasteiger partial charge in [-0.25, -0.2) is 4.98 Å². The van der Waals surface area contributed by atoms with Crippen LogP contribution in [-0.2, 0) is 5.41 Å². The number of hydrogen-bond acceptors (Lipinski definition) is 5. The number of rotatable bonds is 5. The number of nitrogens with zero attached hydrogens (tertiary/aromatic N) is 5.